The van der Waals surface area contributed by atoms with Crippen LogP contribution in [-0.2, 0) is 14.6 Å². The molecule has 2 N–H and O–H groups in total. The molecule has 1 aliphatic rings. The van der Waals surface area contributed by atoms with E-state index in [0.29, 0.717) is 26.2 Å². The predicted molar refractivity (Wildman–Crippen MR) is 115 cm³/mol. The lowest BCUT2D eigenvalue weighted by molar-refractivity contribution is -0.169. The molecule has 0 saturated carbocycles. The molecular formula is C19H19ClF3N5O4S. The van der Waals surface area contributed by atoms with E-state index in [9.17, 15) is 31.2 Å². The summed E-state index contributed by atoms with van der Waals surface area (Å²) in [5.74, 6) is -2.80. The van der Waals surface area contributed by atoms with E-state index in [1.54, 1.807) is 0 Å². The number of urea groups is 1. The number of hydrogen-bond donors (Lipinski definition) is 2. The molecule has 0 bridgehead atoms. The zero-order valence-electron chi connectivity index (χ0n) is 17.2. The summed E-state index contributed by atoms with van der Waals surface area (Å²) < 4.78 is 64.7. The van der Waals surface area contributed by atoms with Gasteiger partial charge in [0.1, 0.15) is 5.82 Å². The second kappa shape index (κ2) is 9.53. The monoisotopic (exact) mass is 505 g/mol. The fraction of sp³-hybridized carbons (Fsp3) is 0.316. The van der Waals surface area contributed by atoms with Crippen LogP contribution in [-0.4, -0.2) is 68.9 Å². The van der Waals surface area contributed by atoms with E-state index < -0.39 is 39.5 Å². The molecule has 3 amide bonds. The largest absolute Gasteiger partial charge is 0.472 e. The van der Waals surface area contributed by atoms with Crippen molar-refractivity contribution in [1.29, 1.82) is 0 Å². The van der Waals surface area contributed by atoms with Crippen LogP contribution in [0.5, 0.6) is 0 Å². The number of halogens is 4. The Morgan fingerprint density at radius 3 is 2.39 bits per heavy atom. The smallest absolute Gasteiger partial charge is 0.322 e. The Bertz CT molecular complexity index is 1150. The number of sulfone groups is 1. The van der Waals surface area contributed by atoms with Gasteiger partial charge in [0.15, 0.2) is 9.84 Å². The van der Waals surface area contributed by atoms with Crippen LogP contribution in [0.15, 0.2) is 41.4 Å². The van der Waals surface area contributed by atoms with E-state index in [-0.39, 0.29) is 20.5 Å². The number of benzene rings is 1. The van der Waals surface area contributed by atoms with Crippen molar-refractivity contribution in [3.8, 4) is 0 Å². The molecule has 14 heteroatoms. The number of rotatable bonds is 4. The first kappa shape index (κ1) is 24.7. The van der Waals surface area contributed by atoms with Gasteiger partial charge in [0, 0.05) is 38.6 Å². The minimum Gasteiger partial charge on any atom is -0.322 e. The maximum absolute atomic E-state index is 13.5. The van der Waals surface area contributed by atoms with Gasteiger partial charge in [-0.1, -0.05) is 11.6 Å². The maximum Gasteiger partial charge on any atom is 0.472 e. The molecule has 2 aromatic rings. The Balaban J connectivity index is 2.15. The summed E-state index contributed by atoms with van der Waals surface area (Å²) in [6.45, 7) is 1.76. The number of alkyl halides is 3. The van der Waals surface area contributed by atoms with Crippen LogP contribution in [0.1, 0.15) is 0 Å². The highest BCUT2D eigenvalue weighted by Crippen LogP contribution is 2.37. The van der Waals surface area contributed by atoms with E-state index in [0.717, 1.165) is 36.7 Å². The molecule has 1 aliphatic heterocycles. The van der Waals surface area contributed by atoms with Crippen LogP contribution >= 0.6 is 11.6 Å². The number of piperazine rings is 1. The third kappa shape index (κ3) is 5.92. The van der Waals surface area contributed by atoms with E-state index in [1.807, 2.05) is 0 Å². The molecule has 0 unspecified atom stereocenters. The molecule has 2 heterocycles. The zero-order valence-corrected chi connectivity index (χ0v) is 18.8. The number of hydrogen-bond acceptors (Lipinski definition) is 6. The molecule has 1 aromatic carbocycles. The molecule has 0 spiro atoms. The van der Waals surface area contributed by atoms with Crippen LogP contribution in [0.3, 0.4) is 0 Å². The molecule has 9 nitrogen and oxygen atoms in total. The second-order valence-electron chi connectivity index (χ2n) is 7.09. The van der Waals surface area contributed by atoms with Gasteiger partial charge in [-0.05, 0) is 30.3 Å². The molecule has 0 aliphatic carbocycles. The van der Waals surface area contributed by atoms with Crippen LogP contribution in [0.25, 0.3) is 0 Å². The number of nitrogens with zero attached hydrogens (tertiary/aromatic N) is 3. The van der Waals surface area contributed by atoms with Gasteiger partial charge in [-0.2, -0.15) is 13.2 Å². The predicted octanol–water partition coefficient (Wildman–Crippen LogP) is 2.80. The van der Waals surface area contributed by atoms with Gasteiger partial charge in [0.25, 0.3) is 0 Å². The third-order valence-electron chi connectivity index (χ3n) is 4.67. The summed E-state index contributed by atoms with van der Waals surface area (Å²) in [5, 5.41) is 5.64. The van der Waals surface area contributed by atoms with E-state index in [1.165, 1.54) is 11.0 Å². The highest BCUT2D eigenvalue weighted by molar-refractivity contribution is 7.90. The Morgan fingerprint density at radius 1 is 1.18 bits per heavy atom. The molecule has 178 valence electrons. The van der Waals surface area contributed by atoms with Gasteiger partial charge in [-0.15, -0.1) is 0 Å². The fourth-order valence-electron chi connectivity index (χ4n) is 3.06. The first-order valence-corrected chi connectivity index (χ1v) is 11.8. The summed E-state index contributed by atoms with van der Waals surface area (Å²) in [6, 6.07) is 4.80. The van der Waals surface area contributed by atoms with Gasteiger partial charge in [-0.25, -0.2) is 18.2 Å². The molecule has 1 fully saturated rings. The normalized spacial score (nSPS) is 14.6. The Labute approximate surface area is 192 Å². The van der Waals surface area contributed by atoms with E-state index in [4.69, 9.17) is 11.6 Å². The molecule has 3 rings (SSSR count). The quantitative estimate of drug-likeness (QED) is 0.661. The summed E-state index contributed by atoms with van der Waals surface area (Å²) in [7, 11) is -3.87. The van der Waals surface area contributed by atoms with Gasteiger partial charge < -0.3 is 15.5 Å². The van der Waals surface area contributed by atoms with Crippen molar-refractivity contribution in [2.75, 3.05) is 42.7 Å². The van der Waals surface area contributed by atoms with E-state index >= 15 is 0 Å². The number of nitrogens with one attached hydrogen (secondary N) is 2. The Kier molecular flexibility index (Phi) is 7.14. The number of carbonyl (C=O) groups excluding carboxylic acids is 2. The first-order chi connectivity index (χ1) is 15.4. The summed E-state index contributed by atoms with van der Waals surface area (Å²) in [4.78, 5) is 30.1. The van der Waals surface area contributed by atoms with Crippen molar-refractivity contribution >= 4 is 50.6 Å². The number of anilines is 3. The minimum atomic E-state index is -5.33. The first-order valence-electron chi connectivity index (χ1n) is 9.51. The Hall–Kier alpha value is -2.90. The SMILES string of the molecule is CS(=O)(=O)c1ccc(NC(=O)N2CCNCC2)c(N(C(=O)C(F)(F)F)c2ccc(Cl)cn2)c1. The molecule has 0 atom stereocenters. The molecule has 1 aromatic heterocycles. The average molecular weight is 506 g/mol. The second-order valence-corrected chi connectivity index (χ2v) is 9.54. The van der Waals surface area contributed by atoms with Gasteiger partial charge in [-0.3, -0.25) is 9.69 Å². The van der Waals surface area contributed by atoms with Crippen molar-refractivity contribution in [2.45, 2.75) is 11.1 Å². The van der Waals surface area contributed by atoms with Gasteiger partial charge in [0.2, 0.25) is 0 Å². The lowest BCUT2D eigenvalue weighted by Crippen LogP contribution is -2.48. The fourth-order valence-corrected chi connectivity index (χ4v) is 3.81. The highest BCUT2D eigenvalue weighted by Gasteiger charge is 2.45. The van der Waals surface area contributed by atoms with Gasteiger partial charge in [0.05, 0.1) is 21.3 Å². The average Bonchev–Trinajstić information content (AvgIpc) is 2.75. The molecule has 0 radical (unpaired) electrons. The maximum atomic E-state index is 13.5. The molecule has 1 saturated heterocycles. The number of pyridine rings is 1. The lowest BCUT2D eigenvalue weighted by Gasteiger charge is -2.29. The minimum absolute atomic E-state index is 0.107. The standard InChI is InChI=1S/C19H19ClF3N5O4S/c1-33(31,32)13-3-4-14(26-18(30)27-8-6-24-7-9-27)15(10-13)28(17(29)19(21,22)23)16-5-2-12(20)11-25-16/h2-5,10-11,24H,6-9H2,1H3,(H,26,30). The number of amides is 3. The third-order valence-corrected chi connectivity index (χ3v) is 6.00. The summed E-state index contributed by atoms with van der Waals surface area (Å²) in [6.07, 6.45) is -3.43. The lowest BCUT2D eigenvalue weighted by atomic mass is 10.2. The van der Waals surface area contributed by atoms with Crippen LogP contribution in [0, 0.1) is 0 Å². The van der Waals surface area contributed by atoms with Crippen LogP contribution < -0.4 is 15.5 Å². The van der Waals surface area contributed by atoms with Crippen LogP contribution in [0.2, 0.25) is 5.02 Å². The van der Waals surface area contributed by atoms with Crippen molar-refractivity contribution in [2.24, 2.45) is 0 Å². The van der Waals surface area contributed by atoms with Crippen LogP contribution in [0.4, 0.5) is 35.2 Å². The van der Waals surface area contributed by atoms with Crippen molar-refractivity contribution in [1.82, 2.24) is 15.2 Å². The van der Waals surface area contributed by atoms with Crippen molar-refractivity contribution in [3.63, 3.8) is 0 Å². The molecule has 33 heavy (non-hydrogen) atoms. The zero-order chi connectivity index (χ0) is 24.4. The highest BCUT2D eigenvalue weighted by atomic mass is 35.5. The summed E-state index contributed by atoms with van der Waals surface area (Å²) in [5.41, 5.74) is -0.723. The summed E-state index contributed by atoms with van der Waals surface area (Å²) >= 11 is 5.77. The van der Waals surface area contributed by atoms with Crippen molar-refractivity contribution in [3.05, 3.63) is 41.6 Å². The number of carbonyl (C=O) groups is 2. The Morgan fingerprint density at radius 2 is 1.85 bits per heavy atom. The van der Waals surface area contributed by atoms with E-state index in [2.05, 4.69) is 15.6 Å². The number of aromatic nitrogens is 1. The van der Waals surface area contributed by atoms with Gasteiger partial charge >= 0.3 is 18.1 Å². The van der Waals surface area contributed by atoms with Crippen molar-refractivity contribution < 1.29 is 31.2 Å². The topological polar surface area (TPSA) is 112 Å². The molecular weight excluding hydrogens is 487 g/mol.